The van der Waals surface area contributed by atoms with E-state index in [0.29, 0.717) is 13.1 Å². The maximum Gasteiger partial charge on any atom is 0.264 e. The third-order valence-electron chi connectivity index (χ3n) is 5.70. The molecule has 2 aliphatic heterocycles. The van der Waals surface area contributed by atoms with E-state index in [-0.39, 0.29) is 33.2 Å². The summed E-state index contributed by atoms with van der Waals surface area (Å²) in [4.78, 5) is 27.1. The molecular weight excluding hydrogens is 473 g/mol. The van der Waals surface area contributed by atoms with Gasteiger partial charge in [0.2, 0.25) is 11.8 Å². The lowest BCUT2D eigenvalue weighted by molar-refractivity contribution is -0.135. The number of rotatable bonds is 5. The molecule has 1 saturated heterocycles. The average molecular weight is 494 g/mol. The number of likely N-dealkylation sites (tertiary alicyclic amines) is 1. The Labute approximate surface area is 196 Å². The normalized spacial score (nSPS) is 21.0. The number of carbonyl (C=O) groups is 2. The van der Waals surface area contributed by atoms with Gasteiger partial charge in [-0.3, -0.25) is 13.9 Å². The maximum absolute atomic E-state index is 13.2. The van der Waals surface area contributed by atoms with Crippen LogP contribution in [0, 0.1) is 0 Å². The molecule has 2 heterocycles. The second-order valence-electron chi connectivity index (χ2n) is 7.69. The zero-order chi connectivity index (χ0) is 22.9. The number of nitrogens with one attached hydrogen (secondary N) is 1. The summed E-state index contributed by atoms with van der Waals surface area (Å²) in [5.41, 5.74) is 1.16. The lowest BCUT2D eigenvalue weighted by Crippen LogP contribution is -2.51. The molecule has 0 spiro atoms. The van der Waals surface area contributed by atoms with Crippen molar-refractivity contribution in [2.75, 3.05) is 13.1 Å². The van der Waals surface area contributed by atoms with E-state index >= 15 is 0 Å². The molecule has 0 bridgehead atoms. The highest BCUT2D eigenvalue weighted by atomic mass is 35.5. The molecule has 1 fully saturated rings. The van der Waals surface area contributed by atoms with Crippen LogP contribution < -0.4 is 5.32 Å². The van der Waals surface area contributed by atoms with Gasteiger partial charge in [0.05, 0.1) is 21.4 Å². The monoisotopic (exact) mass is 493 g/mol. The summed E-state index contributed by atoms with van der Waals surface area (Å²) in [6.07, 6.45) is 3.03. The fraction of sp³-hybridized carbons (Fsp3) is 0.273. The Balaban J connectivity index is 1.52. The first-order chi connectivity index (χ1) is 15.3. The molecule has 2 aromatic rings. The van der Waals surface area contributed by atoms with Crippen molar-refractivity contribution in [2.45, 2.75) is 29.7 Å². The molecule has 1 N–H and O–H groups in total. The Morgan fingerprint density at radius 3 is 2.56 bits per heavy atom. The molecule has 0 aliphatic carbocycles. The minimum atomic E-state index is -4.13. The maximum atomic E-state index is 13.2. The van der Waals surface area contributed by atoms with E-state index in [0.717, 1.165) is 16.3 Å². The van der Waals surface area contributed by atoms with Gasteiger partial charge in [-0.2, -0.15) is 0 Å². The van der Waals surface area contributed by atoms with Gasteiger partial charge < -0.3 is 10.2 Å². The number of halogens is 2. The van der Waals surface area contributed by atoms with Crippen LogP contribution in [0.5, 0.6) is 0 Å². The Hall–Kier alpha value is -2.55. The number of amides is 2. The summed E-state index contributed by atoms with van der Waals surface area (Å²) in [5.74, 6) is -0.618. The van der Waals surface area contributed by atoms with E-state index in [1.807, 2.05) is 30.3 Å². The molecule has 7 nitrogen and oxygen atoms in total. The molecule has 0 radical (unpaired) electrons. The van der Waals surface area contributed by atoms with E-state index in [1.165, 1.54) is 30.6 Å². The topological polar surface area (TPSA) is 86.8 Å². The number of hydrogen-bond acceptors (Lipinski definition) is 4. The summed E-state index contributed by atoms with van der Waals surface area (Å²) >= 11 is 11.9. The van der Waals surface area contributed by atoms with Crippen LogP contribution in [0.1, 0.15) is 24.3 Å². The van der Waals surface area contributed by atoms with Crippen LogP contribution in [0.4, 0.5) is 0 Å². The highest BCUT2D eigenvalue weighted by Gasteiger charge is 2.39. The molecular formula is C22H21Cl2N3O4S. The SMILES string of the molecule is O=C1NC=CN(S(=O)(=O)c2ccc(Cl)c(Cl)c2)[C@@H]1CC(=O)N1CC[C@@H](c2ccccc2)C1. The van der Waals surface area contributed by atoms with E-state index < -0.39 is 22.0 Å². The van der Waals surface area contributed by atoms with Gasteiger partial charge in [0, 0.05) is 31.4 Å². The van der Waals surface area contributed by atoms with Gasteiger partial charge in [0.25, 0.3) is 10.0 Å². The van der Waals surface area contributed by atoms with Crippen LogP contribution in [0.3, 0.4) is 0 Å². The van der Waals surface area contributed by atoms with Crippen molar-refractivity contribution in [2.24, 2.45) is 0 Å². The largest absolute Gasteiger partial charge is 0.342 e. The number of sulfonamides is 1. The average Bonchev–Trinajstić information content (AvgIpc) is 3.28. The highest BCUT2D eigenvalue weighted by Crippen LogP contribution is 2.30. The van der Waals surface area contributed by atoms with Crippen molar-refractivity contribution in [3.8, 4) is 0 Å². The van der Waals surface area contributed by atoms with Crippen LogP contribution in [-0.2, 0) is 19.6 Å². The number of carbonyl (C=O) groups excluding carboxylic acids is 2. The Kier molecular flexibility index (Phi) is 6.46. The molecule has 0 unspecified atom stereocenters. The Bertz CT molecular complexity index is 1170. The zero-order valence-electron chi connectivity index (χ0n) is 16.9. The smallest absolute Gasteiger partial charge is 0.264 e. The molecule has 4 rings (SSSR count). The van der Waals surface area contributed by atoms with Gasteiger partial charge in [-0.25, -0.2) is 8.42 Å². The van der Waals surface area contributed by atoms with Crippen molar-refractivity contribution in [3.63, 3.8) is 0 Å². The van der Waals surface area contributed by atoms with Gasteiger partial charge in [-0.05, 0) is 30.2 Å². The molecule has 0 saturated carbocycles. The molecule has 2 atom stereocenters. The summed E-state index contributed by atoms with van der Waals surface area (Å²) in [5, 5.41) is 2.79. The minimum absolute atomic E-state index is 0.0785. The quantitative estimate of drug-likeness (QED) is 0.691. The van der Waals surface area contributed by atoms with Gasteiger partial charge in [-0.15, -0.1) is 0 Å². The molecule has 0 aromatic heterocycles. The standard InChI is InChI=1S/C22H21Cl2N3O4S/c23-18-7-6-17(12-19(18)24)32(30,31)27-11-9-25-22(29)20(27)13-21(28)26-10-8-16(14-26)15-4-2-1-3-5-15/h1-7,9,11-12,16,20H,8,10,13-14H2,(H,25,29)/t16-,20-/m1/s1. The predicted octanol–water partition coefficient (Wildman–Crippen LogP) is 3.36. The zero-order valence-corrected chi connectivity index (χ0v) is 19.3. The van der Waals surface area contributed by atoms with Crippen molar-refractivity contribution >= 4 is 45.0 Å². The first-order valence-electron chi connectivity index (χ1n) is 10.1. The van der Waals surface area contributed by atoms with Crippen LogP contribution in [0.2, 0.25) is 10.0 Å². The molecule has 10 heteroatoms. The van der Waals surface area contributed by atoms with Gasteiger partial charge in [0.1, 0.15) is 6.04 Å². The van der Waals surface area contributed by atoms with Gasteiger partial charge in [0.15, 0.2) is 0 Å². The summed E-state index contributed by atoms with van der Waals surface area (Å²) in [6.45, 7) is 1.09. The van der Waals surface area contributed by atoms with Crippen molar-refractivity contribution in [1.82, 2.24) is 14.5 Å². The Morgan fingerprint density at radius 2 is 1.84 bits per heavy atom. The van der Waals surface area contributed by atoms with Crippen molar-refractivity contribution < 1.29 is 18.0 Å². The molecule has 168 valence electrons. The van der Waals surface area contributed by atoms with E-state index in [2.05, 4.69) is 5.32 Å². The fourth-order valence-corrected chi connectivity index (χ4v) is 5.82. The fourth-order valence-electron chi connectivity index (χ4n) is 3.98. The highest BCUT2D eigenvalue weighted by molar-refractivity contribution is 7.89. The van der Waals surface area contributed by atoms with Crippen LogP contribution in [0.25, 0.3) is 0 Å². The van der Waals surface area contributed by atoms with Crippen molar-refractivity contribution in [1.29, 1.82) is 0 Å². The number of benzene rings is 2. The van der Waals surface area contributed by atoms with E-state index in [4.69, 9.17) is 23.2 Å². The van der Waals surface area contributed by atoms with E-state index in [9.17, 15) is 18.0 Å². The van der Waals surface area contributed by atoms with Gasteiger partial charge >= 0.3 is 0 Å². The Morgan fingerprint density at radius 1 is 1.09 bits per heavy atom. The third kappa shape index (κ3) is 4.48. The lowest BCUT2D eigenvalue weighted by Gasteiger charge is -2.32. The molecule has 32 heavy (non-hydrogen) atoms. The van der Waals surface area contributed by atoms with Crippen LogP contribution in [-0.4, -0.2) is 48.6 Å². The lowest BCUT2D eigenvalue weighted by atomic mass is 9.99. The van der Waals surface area contributed by atoms with E-state index in [1.54, 1.807) is 4.90 Å². The second-order valence-corrected chi connectivity index (χ2v) is 10.3. The molecule has 2 amide bonds. The summed E-state index contributed by atoms with van der Waals surface area (Å²) in [7, 11) is -4.13. The minimum Gasteiger partial charge on any atom is -0.342 e. The second kappa shape index (κ2) is 9.13. The molecule has 2 aliphatic rings. The van der Waals surface area contributed by atoms with Crippen molar-refractivity contribution in [3.05, 3.63) is 76.5 Å². The van der Waals surface area contributed by atoms with Gasteiger partial charge in [-0.1, -0.05) is 53.5 Å². The first-order valence-corrected chi connectivity index (χ1v) is 12.3. The predicted molar refractivity (Wildman–Crippen MR) is 122 cm³/mol. The third-order valence-corrected chi connectivity index (χ3v) is 8.22. The van der Waals surface area contributed by atoms with Crippen LogP contribution >= 0.6 is 23.2 Å². The number of hydrogen-bond donors (Lipinski definition) is 1. The first kappa shape index (κ1) is 22.6. The number of nitrogens with zero attached hydrogens (tertiary/aromatic N) is 2. The summed E-state index contributed by atoms with van der Waals surface area (Å²) in [6, 6.07) is 12.6. The molecule has 2 aromatic carbocycles. The van der Waals surface area contributed by atoms with Crippen LogP contribution in [0.15, 0.2) is 65.8 Å². The summed E-state index contributed by atoms with van der Waals surface area (Å²) < 4.78 is 27.3.